The summed E-state index contributed by atoms with van der Waals surface area (Å²) in [6.45, 7) is 1.09. The van der Waals surface area contributed by atoms with E-state index in [-0.39, 0.29) is 0 Å². The second kappa shape index (κ2) is 5.53. The highest BCUT2D eigenvalue weighted by molar-refractivity contribution is 9.10. The average molecular weight is 339 g/mol. The Morgan fingerprint density at radius 3 is 2.68 bits per heavy atom. The fourth-order valence-corrected chi connectivity index (χ4v) is 2.85. The van der Waals surface area contributed by atoms with Gasteiger partial charge in [-0.25, -0.2) is 0 Å². The molecule has 4 heteroatoms. The number of benzene rings is 2. The summed E-state index contributed by atoms with van der Waals surface area (Å²) in [5, 5.41) is 2.48. The van der Waals surface area contributed by atoms with E-state index in [0.29, 0.717) is 19.2 Å². The molecule has 0 aliphatic heterocycles. The lowest BCUT2D eigenvalue weighted by Gasteiger charge is -2.07. The van der Waals surface area contributed by atoms with Gasteiger partial charge in [0.2, 0.25) is 0 Å². The Balaban J connectivity index is 2.21. The van der Waals surface area contributed by atoms with Crippen molar-refractivity contribution in [2.24, 2.45) is 0 Å². The molecule has 0 unspecified atom stereocenters. The summed E-state index contributed by atoms with van der Waals surface area (Å²) in [6.07, 6.45) is 0. The van der Waals surface area contributed by atoms with Crippen LogP contribution in [0.1, 0.15) is 0 Å². The van der Waals surface area contributed by atoms with Gasteiger partial charge >= 0.3 is 0 Å². The first kappa shape index (κ1) is 13.0. The average Bonchev–Trinajstić information content (AvgIpc) is 2.73. The number of nitrogens with zero attached hydrogens (tertiary/aromatic N) is 1. The molecule has 3 rings (SSSR count). The number of para-hydroxylation sites is 1. The van der Waals surface area contributed by atoms with Crippen molar-refractivity contribution in [3.8, 4) is 0 Å². The molecule has 0 aliphatic rings. The van der Waals surface area contributed by atoms with Crippen LogP contribution in [-0.4, -0.2) is 17.1 Å². The highest BCUT2D eigenvalue weighted by atomic mass is 79.9. The number of hydrogen-bond acceptors (Lipinski definition) is 1. The fraction of sp³-hybridized carbons (Fsp3) is 0.200. The smallest absolute Gasteiger partial charge is 0.123 e. The van der Waals surface area contributed by atoms with E-state index in [1.165, 1.54) is 21.8 Å². The number of aromatic nitrogens is 1. The van der Waals surface area contributed by atoms with Crippen LogP contribution in [0.25, 0.3) is 21.8 Å². The second-order valence-electron chi connectivity index (χ2n) is 4.33. The molecule has 0 fully saturated rings. The van der Waals surface area contributed by atoms with E-state index in [1.807, 2.05) is 6.07 Å². The third kappa shape index (κ3) is 2.38. The maximum absolute atomic E-state index is 5.66. The largest absolute Gasteiger partial charge is 0.360 e. The first-order valence-corrected chi connectivity index (χ1v) is 7.44. The summed E-state index contributed by atoms with van der Waals surface area (Å²) in [4.78, 5) is 0. The molecule has 3 aromatic rings. The van der Waals surface area contributed by atoms with Crippen molar-refractivity contribution in [2.75, 3.05) is 12.5 Å². The Morgan fingerprint density at radius 2 is 1.84 bits per heavy atom. The first-order valence-electron chi connectivity index (χ1n) is 6.11. The Hall–Kier alpha value is -1.03. The van der Waals surface area contributed by atoms with Gasteiger partial charge in [-0.15, -0.1) is 11.6 Å². The SMILES string of the molecule is ClCCOCn1c2ccccc2c2cc(Br)ccc21. The molecule has 19 heavy (non-hydrogen) atoms. The number of rotatable bonds is 4. The van der Waals surface area contributed by atoms with Gasteiger partial charge < -0.3 is 9.30 Å². The zero-order valence-corrected chi connectivity index (χ0v) is 12.6. The third-order valence-electron chi connectivity index (χ3n) is 3.18. The van der Waals surface area contributed by atoms with Gasteiger partial charge in [0.15, 0.2) is 0 Å². The zero-order valence-electron chi connectivity index (χ0n) is 10.3. The van der Waals surface area contributed by atoms with Crippen molar-refractivity contribution in [3.05, 3.63) is 46.9 Å². The molecule has 0 spiro atoms. The predicted molar refractivity (Wildman–Crippen MR) is 83.8 cm³/mol. The number of fused-ring (bicyclic) bond motifs is 3. The van der Waals surface area contributed by atoms with Crippen LogP contribution in [0.2, 0.25) is 0 Å². The lowest BCUT2D eigenvalue weighted by molar-refractivity contribution is 0.0951. The lowest BCUT2D eigenvalue weighted by atomic mass is 10.2. The van der Waals surface area contributed by atoms with E-state index in [1.54, 1.807) is 0 Å². The molecule has 0 saturated carbocycles. The van der Waals surface area contributed by atoms with Gasteiger partial charge in [-0.3, -0.25) is 0 Å². The molecule has 0 radical (unpaired) electrons. The molecule has 0 saturated heterocycles. The van der Waals surface area contributed by atoms with Crippen LogP contribution in [0, 0.1) is 0 Å². The number of halogens is 2. The molecule has 2 aromatic carbocycles. The number of hydrogen-bond donors (Lipinski definition) is 0. The van der Waals surface area contributed by atoms with E-state index in [0.717, 1.165) is 4.47 Å². The summed E-state index contributed by atoms with van der Waals surface area (Å²) in [6, 6.07) is 14.7. The molecule has 0 aliphatic carbocycles. The van der Waals surface area contributed by atoms with Crippen molar-refractivity contribution in [2.45, 2.75) is 6.73 Å². The van der Waals surface area contributed by atoms with Gasteiger partial charge in [-0.05, 0) is 24.3 Å². The molecule has 0 atom stereocenters. The molecule has 98 valence electrons. The molecule has 1 aromatic heterocycles. The van der Waals surface area contributed by atoms with Gasteiger partial charge in [0.1, 0.15) is 6.73 Å². The van der Waals surface area contributed by atoms with Gasteiger partial charge in [-0.2, -0.15) is 0 Å². The second-order valence-corrected chi connectivity index (χ2v) is 5.63. The number of ether oxygens (including phenoxy) is 1. The Morgan fingerprint density at radius 1 is 1.05 bits per heavy atom. The van der Waals surface area contributed by atoms with Crippen molar-refractivity contribution >= 4 is 49.3 Å². The van der Waals surface area contributed by atoms with Crippen LogP contribution < -0.4 is 0 Å². The fourth-order valence-electron chi connectivity index (χ4n) is 2.38. The van der Waals surface area contributed by atoms with Gasteiger partial charge in [0.05, 0.1) is 17.6 Å². The minimum atomic E-state index is 0.517. The van der Waals surface area contributed by atoms with E-state index >= 15 is 0 Å². The Labute approximate surface area is 125 Å². The Kier molecular flexibility index (Phi) is 3.78. The summed E-state index contributed by atoms with van der Waals surface area (Å²) < 4.78 is 8.86. The molecule has 0 amide bonds. The van der Waals surface area contributed by atoms with Crippen LogP contribution in [0.15, 0.2) is 46.9 Å². The minimum absolute atomic E-state index is 0.517. The maximum atomic E-state index is 5.66. The van der Waals surface area contributed by atoms with Crippen LogP contribution in [0.3, 0.4) is 0 Å². The zero-order chi connectivity index (χ0) is 13.2. The van der Waals surface area contributed by atoms with E-state index < -0.39 is 0 Å². The molecule has 2 nitrogen and oxygen atoms in total. The maximum Gasteiger partial charge on any atom is 0.123 e. The van der Waals surface area contributed by atoms with Crippen molar-refractivity contribution < 1.29 is 4.74 Å². The normalized spacial score (nSPS) is 11.5. The van der Waals surface area contributed by atoms with Crippen LogP contribution in [0.5, 0.6) is 0 Å². The predicted octanol–water partition coefficient (Wildman–Crippen LogP) is 4.77. The van der Waals surface area contributed by atoms with Crippen molar-refractivity contribution in [1.82, 2.24) is 4.57 Å². The molecular formula is C15H13BrClNO. The van der Waals surface area contributed by atoms with E-state index in [2.05, 4.69) is 56.9 Å². The van der Waals surface area contributed by atoms with Crippen LogP contribution in [-0.2, 0) is 11.5 Å². The summed E-state index contributed by atoms with van der Waals surface area (Å²) in [7, 11) is 0. The quantitative estimate of drug-likeness (QED) is 0.494. The van der Waals surface area contributed by atoms with Gasteiger partial charge in [-0.1, -0.05) is 34.1 Å². The third-order valence-corrected chi connectivity index (χ3v) is 3.82. The molecular weight excluding hydrogens is 326 g/mol. The number of alkyl halides is 1. The first-order chi connectivity index (χ1) is 9.31. The highest BCUT2D eigenvalue weighted by Crippen LogP contribution is 2.30. The highest BCUT2D eigenvalue weighted by Gasteiger charge is 2.10. The Bertz CT molecular complexity index is 723. The van der Waals surface area contributed by atoms with Crippen LogP contribution in [0.4, 0.5) is 0 Å². The lowest BCUT2D eigenvalue weighted by Crippen LogP contribution is -2.03. The summed E-state index contributed by atoms with van der Waals surface area (Å²) >= 11 is 9.19. The van der Waals surface area contributed by atoms with E-state index in [4.69, 9.17) is 16.3 Å². The van der Waals surface area contributed by atoms with Crippen LogP contribution >= 0.6 is 27.5 Å². The minimum Gasteiger partial charge on any atom is -0.360 e. The van der Waals surface area contributed by atoms with E-state index in [9.17, 15) is 0 Å². The van der Waals surface area contributed by atoms with Gasteiger partial charge in [0.25, 0.3) is 0 Å². The standard InChI is InChI=1S/C15H13BrClNO/c16-11-5-6-15-13(9-11)12-3-1-2-4-14(12)18(15)10-19-8-7-17/h1-6,9H,7-8,10H2. The van der Waals surface area contributed by atoms with Gasteiger partial charge in [0, 0.05) is 21.1 Å². The van der Waals surface area contributed by atoms with Crippen molar-refractivity contribution in [3.63, 3.8) is 0 Å². The molecule has 0 N–H and O–H groups in total. The summed E-state index contributed by atoms with van der Waals surface area (Å²) in [5.41, 5.74) is 2.36. The monoisotopic (exact) mass is 337 g/mol. The topological polar surface area (TPSA) is 14.2 Å². The molecule has 0 bridgehead atoms. The summed E-state index contributed by atoms with van der Waals surface area (Å²) in [5.74, 6) is 0.517. The molecule has 1 heterocycles. The van der Waals surface area contributed by atoms with Crippen molar-refractivity contribution in [1.29, 1.82) is 0 Å².